The number of hydrogen-bond acceptors (Lipinski definition) is 3. The van der Waals surface area contributed by atoms with Gasteiger partial charge in [0.1, 0.15) is 5.82 Å². The number of pyridine rings is 1. The first-order valence-electron chi connectivity index (χ1n) is 5.62. The van der Waals surface area contributed by atoms with Crippen molar-refractivity contribution in [3.8, 4) is 0 Å². The largest absolute Gasteiger partial charge is 0.349 e. The lowest BCUT2D eigenvalue weighted by Gasteiger charge is -2.43. The highest BCUT2D eigenvalue weighted by molar-refractivity contribution is 9.10. The van der Waals surface area contributed by atoms with Gasteiger partial charge in [-0.1, -0.05) is 0 Å². The van der Waals surface area contributed by atoms with Gasteiger partial charge in [-0.15, -0.1) is 0 Å². The third-order valence-electron chi connectivity index (χ3n) is 3.08. The Balaban J connectivity index is 2.31. The normalized spacial score (nSPS) is 19.9. The quantitative estimate of drug-likeness (QED) is 0.858. The van der Waals surface area contributed by atoms with Crippen molar-refractivity contribution >= 4 is 21.7 Å². The fourth-order valence-electron chi connectivity index (χ4n) is 2.09. The maximum absolute atomic E-state index is 4.64. The minimum atomic E-state index is 0.130. The van der Waals surface area contributed by atoms with Crippen LogP contribution >= 0.6 is 15.9 Å². The predicted octanol–water partition coefficient (Wildman–Crippen LogP) is 2.34. The summed E-state index contributed by atoms with van der Waals surface area (Å²) in [6.07, 6.45) is 0. The molecule has 1 fully saturated rings. The van der Waals surface area contributed by atoms with Crippen LogP contribution in [0.4, 0.5) is 5.82 Å². The van der Waals surface area contributed by atoms with Crippen molar-refractivity contribution in [1.82, 2.24) is 10.3 Å². The highest BCUT2D eigenvalue weighted by Gasteiger charge is 2.30. The molecule has 2 heterocycles. The van der Waals surface area contributed by atoms with E-state index in [0.717, 1.165) is 35.6 Å². The van der Waals surface area contributed by atoms with Crippen LogP contribution in [0.1, 0.15) is 19.5 Å². The molecule has 0 aliphatic carbocycles. The molecule has 1 aliphatic heterocycles. The number of aromatic nitrogens is 1. The van der Waals surface area contributed by atoms with Crippen LogP contribution in [-0.4, -0.2) is 30.2 Å². The third kappa shape index (κ3) is 2.23. The topological polar surface area (TPSA) is 28.2 Å². The van der Waals surface area contributed by atoms with E-state index in [-0.39, 0.29) is 5.54 Å². The first-order chi connectivity index (χ1) is 7.50. The van der Waals surface area contributed by atoms with Crippen molar-refractivity contribution in [3.63, 3.8) is 0 Å². The zero-order valence-corrected chi connectivity index (χ0v) is 11.6. The van der Waals surface area contributed by atoms with E-state index in [0.29, 0.717) is 0 Å². The number of anilines is 1. The molecule has 1 aliphatic rings. The van der Waals surface area contributed by atoms with Gasteiger partial charge in [0.25, 0.3) is 0 Å². The summed E-state index contributed by atoms with van der Waals surface area (Å²) < 4.78 is 1.07. The first kappa shape index (κ1) is 11.9. The van der Waals surface area contributed by atoms with E-state index < -0.39 is 0 Å². The average Bonchev–Trinajstić information content (AvgIpc) is 2.22. The number of halogens is 1. The number of aryl methyl sites for hydroxylation is 1. The molecule has 1 saturated heterocycles. The Morgan fingerprint density at radius 1 is 1.44 bits per heavy atom. The van der Waals surface area contributed by atoms with E-state index in [2.05, 4.69) is 57.1 Å². The Morgan fingerprint density at radius 2 is 2.19 bits per heavy atom. The second-order valence-corrected chi connectivity index (χ2v) is 5.73. The van der Waals surface area contributed by atoms with Crippen molar-refractivity contribution in [1.29, 1.82) is 0 Å². The van der Waals surface area contributed by atoms with E-state index >= 15 is 0 Å². The molecule has 0 saturated carbocycles. The molecule has 0 bridgehead atoms. The zero-order valence-electron chi connectivity index (χ0n) is 10.0. The van der Waals surface area contributed by atoms with Gasteiger partial charge in [0, 0.05) is 29.6 Å². The summed E-state index contributed by atoms with van der Waals surface area (Å²) in [4.78, 5) is 7.02. The molecule has 4 heteroatoms. The summed E-state index contributed by atoms with van der Waals surface area (Å²) >= 11 is 3.49. The average molecular weight is 284 g/mol. The fourth-order valence-corrected chi connectivity index (χ4v) is 2.31. The summed E-state index contributed by atoms with van der Waals surface area (Å²) in [6.45, 7) is 9.57. The lowest BCUT2D eigenvalue weighted by atomic mass is 10.0. The van der Waals surface area contributed by atoms with Gasteiger partial charge in [-0.3, -0.25) is 0 Å². The van der Waals surface area contributed by atoms with Crippen LogP contribution in [-0.2, 0) is 0 Å². The van der Waals surface area contributed by atoms with E-state index in [1.54, 1.807) is 0 Å². The molecule has 88 valence electrons. The van der Waals surface area contributed by atoms with Crippen molar-refractivity contribution in [3.05, 3.63) is 22.3 Å². The van der Waals surface area contributed by atoms with Crippen LogP contribution in [0.3, 0.4) is 0 Å². The number of nitrogens with zero attached hydrogens (tertiary/aromatic N) is 2. The summed E-state index contributed by atoms with van der Waals surface area (Å²) in [5, 5.41) is 3.42. The molecule has 0 unspecified atom stereocenters. The first-order valence-corrected chi connectivity index (χ1v) is 6.41. The SMILES string of the molecule is Cc1nc(N2CCNCC2(C)C)ccc1Br. The van der Waals surface area contributed by atoms with Crippen LogP contribution in [0.5, 0.6) is 0 Å². The van der Waals surface area contributed by atoms with Gasteiger partial charge >= 0.3 is 0 Å². The van der Waals surface area contributed by atoms with Crippen LogP contribution in [0.25, 0.3) is 0 Å². The second-order valence-electron chi connectivity index (χ2n) is 4.88. The van der Waals surface area contributed by atoms with Gasteiger partial charge in [-0.2, -0.15) is 0 Å². The molecule has 1 N–H and O–H groups in total. The van der Waals surface area contributed by atoms with Crippen LogP contribution < -0.4 is 10.2 Å². The van der Waals surface area contributed by atoms with E-state index in [9.17, 15) is 0 Å². The van der Waals surface area contributed by atoms with Crippen LogP contribution in [0.15, 0.2) is 16.6 Å². The van der Waals surface area contributed by atoms with Crippen molar-refractivity contribution in [2.24, 2.45) is 0 Å². The van der Waals surface area contributed by atoms with Crippen molar-refractivity contribution < 1.29 is 0 Å². The standard InChI is InChI=1S/C12H18BrN3/c1-9-10(13)4-5-11(15-9)16-7-6-14-8-12(16,2)3/h4-5,14H,6-8H2,1-3H3. The van der Waals surface area contributed by atoms with Crippen LogP contribution in [0.2, 0.25) is 0 Å². The lowest BCUT2D eigenvalue weighted by molar-refractivity contribution is 0.377. The maximum atomic E-state index is 4.64. The monoisotopic (exact) mass is 283 g/mol. The predicted molar refractivity (Wildman–Crippen MR) is 71.0 cm³/mol. The number of nitrogens with one attached hydrogen (secondary N) is 1. The molecule has 0 spiro atoms. The van der Waals surface area contributed by atoms with E-state index in [4.69, 9.17) is 0 Å². The molecular formula is C12H18BrN3. The molecular weight excluding hydrogens is 266 g/mol. The Kier molecular flexibility index (Phi) is 3.22. The van der Waals surface area contributed by atoms with Gasteiger partial charge < -0.3 is 10.2 Å². The molecule has 0 aromatic carbocycles. The lowest BCUT2D eigenvalue weighted by Crippen LogP contribution is -2.58. The molecule has 16 heavy (non-hydrogen) atoms. The highest BCUT2D eigenvalue weighted by atomic mass is 79.9. The molecule has 0 atom stereocenters. The Hall–Kier alpha value is -0.610. The number of rotatable bonds is 1. The summed E-state index contributed by atoms with van der Waals surface area (Å²) in [6, 6.07) is 4.17. The Bertz CT molecular complexity index is 390. The van der Waals surface area contributed by atoms with E-state index in [1.165, 1.54) is 0 Å². The fraction of sp³-hybridized carbons (Fsp3) is 0.583. The second kappa shape index (κ2) is 4.34. The maximum Gasteiger partial charge on any atom is 0.129 e. The molecule has 0 amide bonds. The smallest absolute Gasteiger partial charge is 0.129 e. The molecule has 1 aromatic rings. The minimum Gasteiger partial charge on any atom is -0.349 e. The Morgan fingerprint density at radius 3 is 2.81 bits per heavy atom. The van der Waals surface area contributed by atoms with Crippen molar-refractivity contribution in [2.45, 2.75) is 26.3 Å². The van der Waals surface area contributed by atoms with Gasteiger partial charge in [-0.05, 0) is 48.8 Å². The Labute approximate surface area is 105 Å². The van der Waals surface area contributed by atoms with Gasteiger partial charge in [-0.25, -0.2) is 4.98 Å². The van der Waals surface area contributed by atoms with Gasteiger partial charge in [0.05, 0.1) is 5.69 Å². The molecule has 2 rings (SSSR count). The summed E-state index contributed by atoms with van der Waals surface area (Å²) in [5.41, 5.74) is 1.18. The third-order valence-corrected chi connectivity index (χ3v) is 3.92. The molecule has 1 aromatic heterocycles. The zero-order chi connectivity index (χ0) is 11.8. The summed E-state index contributed by atoms with van der Waals surface area (Å²) in [7, 11) is 0. The number of piperazine rings is 1. The van der Waals surface area contributed by atoms with Gasteiger partial charge in [0.2, 0.25) is 0 Å². The van der Waals surface area contributed by atoms with Crippen LogP contribution in [0, 0.1) is 6.92 Å². The summed E-state index contributed by atoms with van der Waals surface area (Å²) in [5.74, 6) is 1.08. The van der Waals surface area contributed by atoms with E-state index in [1.807, 2.05) is 6.92 Å². The minimum absolute atomic E-state index is 0.130. The number of hydrogen-bond donors (Lipinski definition) is 1. The highest BCUT2D eigenvalue weighted by Crippen LogP contribution is 2.25. The van der Waals surface area contributed by atoms with Crippen molar-refractivity contribution in [2.75, 3.05) is 24.5 Å². The molecule has 0 radical (unpaired) electrons. The van der Waals surface area contributed by atoms with Gasteiger partial charge in [0.15, 0.2) is 0 Å². The molecule has 3 nitrogen and oxygen atoms in total.